The zero-order valence-electron chi connectivity index (χ0n) is 11.3. The fraction of sp³-hybridized carbons (Fsp3) is 0.250. The molecule has 2 nitrogen and oxygen atoms in total. The standard InChI is InChI=1S/C16H19NOS/c1-3-15(17)14-6-4-5-7-16(14)19-13-10-8-12(18-2)9-11-13/h4-11,15H,3,17H2,1-2H3/t15-/m1/s1. The van der Waals surface area contributed by atoms with Gasteiger partial charge < -0.3 is 10.5 Å². The van der Waals surface area contributed by atoms with Crippen LogP contribution in [0, 0.1) is 0 Å². The third-order valence-corrected chi connectivity index (χ3v) is 4.15. The van der Waals surface area contributed by atoms with Crippen LogP contribution in [-0.4, -0.2) is 7.11 Å². The third-order valence-electron chi connectivity index (χ3n) is 3.05. The van der Waals surface area contributed by atoms with Crippen molar-refractivity contribution in [3.63, 3.8) is 0 Å². The third kappa shape index (κ3) is 3.52. The number of hydrogen-bond donors (Lipinski definition) is 1. The normalized spacial score (nSPS) is 12.2. The van der Waals surface area contributed by atoms with Crippen molar-refractivity contribution < 1.29 is 4.74 Å². The van der Waals surface area contributed by atoms with Gasteiger partial charge in [-0.05, 0) is 42.3 Å². The Bertz CT molecular complexity index is 525. The monoisotopic (exact) mass is 273 g/mol. The molecule has 0 fully saturated rings. The van der Waals surface area contributed by atoms with Gasteiger partial charge in [0.05, 0.1) is 7.11 Å². The second-order valence-corrected chi connectivity index (χ2v) is 5.45. The summed E-state index contributed by atoms with van der Waals surface area (Å²) in [6.07, 6.45) is 0.945. The van der Waals surface area contributed by atoms with Crippen LogP contribution in [0.4, 0.5) is 0 Å². The first-order chi connectivity index (χ1) is 9.24. The van der Waals surface area contributed by atoms with Crippen LogP contribution >= 0.6 is 11.8 Å². The molecule has 0 unspecified atom stereocenters. The fourth-order valence-corrected chi connectivity index (χ4v) is 2.88. The van der Waals surface area contributed by atoms with Gasteiger partial charge in [-0.25, -0.2) is 0 Å². The molecule has 0 bridgehead atoms. The van der Waals surface area contributed by atoms with E-state index in [-0.39, 0.29) is 6.04 Å². The lowest BCUT2D eigenvalue weighted by Gasteiger charge is -2.14. The Morgan fingerprint density at radius 1 is 1.11 bits per heavy atom. The van der Waals surface area contributed by atoms with E-state index in [1.54, 1.807) is 18.9 Å². The maximum atomic E-state index is 6.16. The molecule has 3 heteroatoms. The van der Waals surface area contributed by atoms with Crippen LogP contribution in [0.3, 0.4) is 0 Å². The van der Waals surface area contributed by atoms with Crippen molar-refractivity contribution in [2.45, 2.75) is 29.2 Å². The molecule has 0 spiro atoms. The molecule has 2 rings (SSSR count). The molecule has 0 saturated heterocycles. The minimum absolute atomic E-state index is 0.0990. The molecule has 0 aromatic heterocycles. The molecule has 0 saturated carbocycles. The van der Waals surface area contributed by atoms with Crippen molar-refractivity contribution in [2.24, 2.45) is 5.73 Å². The predicted molar refractivity (Wildman–Crippen MR) is 80.8 cm³/mol. The largest absolute Gasteiger partial charge is 0.497 e. The Morgan fingerprint density at radius 2 is 1.79 bits per heavy atom. The van der Waals surface area contributed by atoms with Crippen LogP contribution in [0.5, 0.6) is 5.75 Å². The van der Waals surface area contributed by atoms with Crippen molar-refractivity contribution in [1.82, 2.24) is 0 Å². The van der Waals surface area contributed by atoms with Crippen LogP contribution in [0.25, 0.3) is 0 Å². The first-order valence-corrected chi connectivity index (χ1v) is 7.22. The van der Waals surface area contributed by atoms with Crippen LogP contribution in [0.15, 0.2) is 58.3 Å². The zero-order valence-corrected chi connectivity index (χ0v) is 12.1. The lowest BCUT2D eigenvalue weighted by molar-refractivity contribution is 0.414. The van der Waals surface area contributed by atoms with Crippen LogP contribution in [0.1, 0.15) is 24.9 Å². The van der Waals surface area contributed by atoms with Crippen LogP contribution in [-0.2, 0) is 0 Å². The first kappa shape index (κ1) is 14.0. The lowest BCUT2D eigenvalue weighted by Crippen LogP contribution is -2.09. The number of nitrogens with two attached hydrogens (primary N) is 1. The Balaban J connectivity index is 2.22. The number of benzene rings is 2. The van der Waals surface area contributed by atoms with Gasteiger partial charge in [0, 0.05) is 15.8 Å². The van der Waals surface area contributed by atoms with Crippen molar-refractivity contribution in [2.75, 3.05) is 7.11 Å². The summed E-state index contributed by atoms with van der Waals surface area (Å²) in [7, 11) is 1.68. The lowest BCUT2D eigenvalue weighted by atomic mass is 10.1. The summed E-state index contributed by atoms with van der Waals surface area (Å²) >= 11 is 1.74. The number of hydrogen-bond acceptors (Lipinski definition) is 3. The summed E-state index contributed by atoms with van der Waals surface area (Å²) in [6.45, 7) is 2.11. The van der Waals surface area contributed by atoms with E-state index in [1.165, 1.54) is 15.4 Å². The minimum atomic E-state index is 0.0990. The maximum Gasteiger partial charge on any atom is 0.118 e. The molecule has 0 amide bonds. The highest BCUT2D eigenvalue weighted by Crippen LogP contribution is 2.34. The number of rotatable bonds is 5. The van der Waals surface area contributed by atoms with Gasteiger partial charge in [0.25, 0.3) is 0 Å². The van der Waals surface area contributed by atoms with Crippen molar-refractivity contribution >= 4 is 11.8 Å². The quantitative estimate of drug-likeness (QED) is 0.884. The molecule has 2 aromatic carbocycles. The van der Waals surface area contributed by atoms with E-state index >= 15 is 0 Å². The van der Waals surface area contributed by atoms with Crippen molar-refractivity contribution in [3.05, 3.63) is 54.1 Å². The molecule has 0 aliphatic rings. The van der Waals surface area contributed by atoms with Crippen molar-refractivity contribution in [3.8, 4) is 5.75 Å². The minimum Gasteiger partial charge on any atom is -0.497 e. The smallest absolute Gasteiger partial charge is 0.118 e. The topological polar surface area (TPSA) is 35.2 Å². The molecule has 0 aliphatic heterocycles. The average molecular weight is 273 g/mol. The number of ether oxygens (including phenoxy) is 1. The summed E-state index contributed by atoms with van der Waals surface area (Å²) in [4.78, 5) is 2.42. The van der Waals surface area contributed by atoms with Gasteiger partial charge in [0.1, 0.15) is 5.75 Å². The van der Waals surface area contributed by atoms with Gasteiger partial charge >= 0.3 is 0 Å². The van der Waals surface area contributed by atoms with E-state index in [0.29, 0.717) is 0 Å². The molecule has 2 N–H and O–H groups in total. The highest BCUT2D eigenvalue weighted by atomic mass is 32.2. The summed E-state index contributed by atoms with van der Waals surface area (Å²) in [6, 6.07) is 16.5. The summed E-state index contributed by atoms with van der Waals surface area (Å²) in [5.41, 5.74) is 7.37. The number of methoxy groups -OCH3 is 1. The molecule has 0 heterocycles. The molecule has 0 aliphatic carbocycles. The Morgan fingerprint density at radius 3 is 2.42 bits per heavy atom. The van der Waals surface area contributed by atoms with Gasteiger partial charge in [-0.3, -0.25) is 0 Å². The van der Waals surface area contributed by atoms with Gasteiger partial charge in [-0.15, -0.1) is 0 Å². The Labute approximate surface area is 119 Å². The molecule has 19 heavy (non-hydrogen) atoms. The second-order valence-electron chi connectivity index (χ2n) is 4.33. The van der Waals surface area contributed by atoms with E-state index in [4.69, 9.17) is 10.5 Å². The van der Waals surface area contributed by atoms with Crippen LogP contribution < -0.4 is 10.5 Å². The van der Waals surface area contributed by atoms with Gasteiger partial charge in [0.2, 0.25) is 0 Å². The van der Waals surface area contributed by atoms with E-state index in [0.717, 1.165) is 12.2 Å². The van der Waals surface area contributed by atoms with Gasteiger partial charge in [0.15, 0.2) is 0 Å². The summed E-state index contributed by atoms with van der Waals surface area (Å²) in [5, 5.41) is 0. The SMILES string of the molecule is CC[C@@H](N)c1ccccc1Sc1ccc(OC)cc1. The van der Waals surface area contributed by atoms with E-state index in [2.05, 4.69) is 37.3 Å². The van der Waals surface area contributed by atoms with E-state index < -0.39 is 0 Å². The van der Waals surface area contributed by atoms with E-state index in [1.807, 2.05) is 18.2 Å². The molecule has 0 radical (unpaired) electrons. The van der Waals surface area contributed by atoms with Crippen molar-refractivity contribution in [1.29, 1.82) is 0 Å². The fourth-order valence-electron chi connectivity index (χ4n) is 1.87. The highest BCUT2D eigenvalue weighted by Gasteiger charge is 2.09. The highest BCUT2D eigenvalue weighted by molar-refractivity contribution is 7.99. The first-order valence-electron chi connectivity index (χ1n) is 6.41. The summed E-state index contributed by atoms with van der Waals surface area (Å²) in [5.74, 6) is 0.878. The maximum absolute atomic E-state index is 6.16. The van der Waals surface area contributed by atoms with Gasteiger partial charge in [-0.1, -0.05) is 36.9 Å². The van der Waals surface area contributed by atoms with Gasteiger partial charge in [-0.2, -0.15) is 0 Å². The molecular weight excluding hydrogens is 254 g/mol. The molecule has 1 atom stereocenters. The average Bonchev–Trinajstić information content (AvgIpc) is 2.48. The van der Waals surface area contributed by atoms with E-state index in [9.17, 15) is 0 Å². The summed E-state index contributed by atoms with van der Waals surface area (Å²) < 4.78 is 5.17. The molecule has 2 aromatic rings. The Kier molecular flexibility index (Phi) is 4.88. The van der Waals surface area contributed by atoms with Crippen LogP contribution in [0.2, 0.25) is 0 Å². The zero-order chi connectivity index (χ0) is 13.7. The Hall–Kier alpha value is -1.45. The second kappa shape index (κ2) is 6.64. The predicted octanol–water partition coefficient (Wildman–Crippen LogP) is 4.26. The molecule has 100 valence electrons. The molecular formula is C16H19NOS.